The van der Waals surface area contributed by atoms with E-state index in [1.807, 2.05) is 18.2 Å². The van der Waals surface area contributed by atoms with Crippen LogP contribution in [0.1, 0.15) is 11.8 Å². The molecule has 0 aliphatic rings. The van der Waals surface area contributed by atoms with Crippen molar-refractivity contribution >= 4 is 33.7 Å². The van der Waals surface area contributed by atoms with Crippen LogP contribution in [0.2, 0.25) is 0 Å². The third-order valence-corrected chi connectivity index (χ3v) is 4.11. The van der Waals surface area contributed by atoms with E-state index in [2.05, 4.69) is 39.3 Å². The Bertz CT molecular complexity index is 709. The second-order valence-electron chi connectivity index (χ2n) is 4.57. The van der Waals surface area contributed by atoms with Crippen LogP contribution < -0.4 is 10.6 Å². The predicted octanol–water partition coefficient (Wildman–Crippen LogP) is 3.30. The Balaban J connectivity index is 2.03. The largest absolute Gasteiger partial charge is 0.399 e. The van der Waals surface area contributed by atoms with Gasteiger partial charge in [-0.3, -0.25) is 0 Å². The molecule has 20 heavy (non-hydrogen) atoms. The van der Waals surface area contributed by atoms with Gasteiger partial charge < -0.3 is 10.6 Å². The standard InChI is InChI=1S/C15H16N4S/c1-2-19(9-12-4-3-7-20-12)15-13-6-5-11(16)8-14(13)17-10-18-15/h3-8,10H,2,9,16H2,1H3. The van der Waals surface area contributed by atoms with Gasteiger partial charge in [0.1, 0.15) is 12.1 Å². The van der Waals surface area contributed by atoms with Crippen LogP contribution in [-0.2, 0) is 6.54 Å². The smallest absolute Gasteiger partial charge is 0.140 e. The van der Waals surface area contributed by atoms with Crippen LogP contribution in [0.25, 0.3) is 10.9 Å². The number of nitrogens with zero attached hydrogens (tertiary/aromatic N) is 3. The molecule has 0 saturated carbocycles. The summed E-state index contributed by atoms with van der Waals surface area (Å²) in [6.07, 6.45) is 1.61. The molecular formula is C15H16N4S. The highest BCUT2D eigenvalue weighted by Gasteiger charge is 2.12. The zero-order valence-corrected chi connectivity index (χ0v) is 12.1. The molecule has 0 bridgehead atoms. The van der Waals surface area contributed by atoms with Crippen LogP contribution in [0.5, 0.6) is 0 Å². The second kappa shape index (κ2) is 5.46. The summed E-state index contributed by atoms with van der Waals surface area (Å²) in [5.41, 5.74) is 7.43. The Morgan fingerprint density at radius 1 is 1.25 bits per heavy atom. The summed E-state index contributed by atoms with van der Waals surface area (Å²) < 4.78 is 0. The van der Waals surface area contributed by atoms with E-state index in [9.17, 15) is 0 Å². The quantitative estimate of drug-likeness (QED) is 0.747. The van der Waals surface area contributed by atoms with Gasteiger partial charge >= 0.3 is 0 Å². The summed E-state index contributed by atoms with van der Waals surface area (Å²) in [7, 11) is 0. The number of rotatable bonds is 4. The molecule has 0 aliphatic carbocycles. The van der Waals surface area contributed by atoms with Crippen molar-refractivity contribution in [2.45, 2.75) is 13.5 Å². The van der Waals surface area contributed by atoms with Crippen molar-refractivity contribution in [3.63, 3.8) is 0 Å². The summed E-state index contributed by atoms with van der Waals surface area (Å²) in [5.74, 6) is 0.964. The monoisotopic (exact) mass is 284 g/mol. The van der Waals surface area contributed by atoms with Gasteiger partial charge in [-0.2, -0.15) is 0 Å². The molecule has 2 aromatic heterocycles. The molecule has 0 unspecified atom stereocenters. The van der Waals surface area contributed by atoms with Gasteiger partial charge in [-0.05, 0) is 36.6 Å². The predicted molar refractivity (Wildman–Crippen MR) is 85.0 cm³/mol. The number of hydrogen-bond acceptors (Lipinski definition) is 5. The van der Waals surface area contributed by atoms with Crippen LogP contribution in [-0.4, -0.2) is 16.5 Å². The third kappa shape index (κ3) is 2.44. The number of anilines is 2. The maximum Gasteiger partial charge on any atom is 0.140 e. The lowest BCUT2D eigenvalue weighted by Gasteiger charge is -2.22. The van der Waals surface area contributed by atoms with E-state index in [1.54, 1.807) is 17.7 Å². The van der Waals surface area contributed by atoms with Crippen molar-refractivity contribution in [2.24, 2.45) is 0 Å². The Hall–Kier alpha value is -2.14. The average molecular weight is 284 g/mol. The van der Waals surface area contributed by atoms with Gasteiger partial charge in [0.25, 0.3) is 0 Å². The highest BCUT2D eigenvalue weighted by Crippen LogP contribution is 2.26. The molecule has 0 spiro atoms. The first-order chi connectivity index (χ1) is 9.78. The first kappa shape index (κ1) is 12.9. The van der Waals surface area contributed by atoms with Crippen molar-refractivity contribution in [3.05, 3.63) is 46.9 Å². The number of hydrogen-bond donors (Lipinski definition) is 1. The lowest BCUT2D eigenvalue weighted by molar-refractivity contribution is 0.826. The van der Waals surface area contributed by atoms with Crippen molar-refractivity contribution in [1.82, 2.24) is 9.97 Å². The van der Waals surface area contributed by atoms with Crippen molar-refractivity contribution in [1.29, 1.82) is 0 Å². The number of thiophene rings is 1. The van der Waals surface area contributed by atoms with Crippen LogP contribution in [0.4, 0.5) is 11.5 Å². The van der Waals surface area contributed by atoms with E-state index in [4.69, 9.17) is 5.73 Å². The molecular weight excluding hydrogens is 268 g/mol. The average Bonchev–Trinajstić information content (AvgIpc) is 2.97. The summed E-state index contributed by atoms with van der Waals surface area (Å²) in [4.78, 5) is 12.4. The highest BCUT2D eigenvalue weighted by molar-refractivity contribution is 7.09. The lowest BCUT2D eigenvalue weighted by atomic mass is 10.2. The van der Waals surface area contributed by atoms with Crippen LogP contribution in [0.15, 0.2) is 42.0 Å². The normalized spacial score (nSPS) is 10.8. The number of aromatic nitrogens is 2. The third-order valence-electron chi connectivity index (χ3n) is 3.25. The first-order valence-corrected chi connectivity index (χ1v) is 7.43. The molecule has 0 radical (unpaired) electrons. The van der Waals surface area contributed by atoms with Gasteiger partial charge in [0.05, 0.1) is 12.1 Å². The molecule has 5 heteroatoms. The highest BCUT2D eigenvalue weighted by atomic mass is 32.1. The van der Waals surface area contributed by atoms with E-state index in [1.165, 1.54) is 4.88 Å². The molecule has 1 aromatic carbocycles. The molecule has 0 fully saturated rings. The topological polar surface area (TPSA) is 55.0 Å². The van der Waals surface area contributed by atoms with E-state index in [0.29, 0.717) is 0 Å². The van der Waals surface area contributed by atoms with Crippen molar-refractivity contribution in [3.8, 4) is 0 Å². The van der Waals surface area contributed by atoms with E-state index in [-0.39, 0.29) is 0 Å². The minimum atomic E-state index is 0.725. The fourth-order valence-corrected chi connectivity index (χ4v) is 2.96. The maximum atomic E-state index is 5.82. The number of nitrogens with two attached hydrogens (primary N) is 1. The second-order valence-corrected chi connectivity index (χ2v) is 5.60. The summed E-state index contributed by atoms with van der Waals surface area (Å²) in [6, 6.07) is 10.0. The van der Waals surface area contributed by atoms with Crippen LogP contribution in [0.3, 0.4) is 0 Å². The number of benzene rings is 1. The molecule has 102 valence electrons. The Morgan fingerprint density at radius 2 is 2.15 bits per heavy atom. The molecule has 2 N–H and O–H groups in total. The summed E-state index contributed by atoms with van der Waals surface area (Å²) in [5, 5.41) is 3.14. The minimum Gasteiger partial charge on any atom is -0.399 e. The molecule has 0 saturated heterocycles. The molecule has 4 nitrogen and oxygen atoms in total. The fraction of sp³-hybridized carbons (Fsp3) is 0.200. The zero-order chi connectivity index (χ0) is 13.9. The first-order valence-electron chi connectivity index (χ1n) is 6.55. The lowest BCUT2D eigenvalue weighted by Crippen LogP contribution is -2.23. The number of nitrogen functional groups attached to an aromatic ring is 1. The Morgan fingerprint density at radius 3 is 2.90 bits per heavy atom. The minimum absolute atomic E-state index is 0.725. The summed E-state index contributed by atoms with van der Waals surface area (Å²) in [6.45, 7) is 3.90. The molecule has 0 aliphatic heterocycles. The molecule has 0 amide bonds. The molecule has 2 heterocycles. The number of fused-ring (bicyclic) bond motifs is 1. The SMILES string of the molecule is CCN(Cc1cccs1)c1ncnc2cc(N)ccc12. The van der Waals surface area contributed by atoms with Gasteiger partial charge in [0.15, 0.2) is 0 Å². The zero-order valence-electron chi connectivity index (χ0n) is 11.3. The van der Waals surface area contributed by atoms with E-state index >= 15 is 0 Å². The molecule has 0 atom stereocenters. The Kier molecular flexibility index (Phi) is 3.52. The van der Waals surface area contributed by atoms with E-state index in [0.717, 1.165) is 35.5 Å². The van der Waals surface area contributed by atoms with Crippen molar-refractivity contribution < 1.29 is 0 Å². The van der Waals surface area contributed by atoms with Gasteiger partial charge in [-0.1, -0.05) is 6.07 Å². The fourth-order valence-electron chi connectivity index (χ4n) is 2.24. The molecule has 3 rings (SSSR count). The molecule has 3 aromatic rings. The maximum absolute atomic E-state index is 5.82. The van der Waals surface area contributed by atoms with Crippen LogP contribution >= 0.6 is 11.3 Å². The van der Waals surface area contributed by atoms with Crippen LogP contribution in [0, 0.1) is 0 Å². The van der Waals surface area contributed by atoms with Gasteiger partial charge in [-0.15, -0.1) is 11.3 Å². The van der Waals surface area contributed by atoms with Gasteiger partial charge in [0.2, 0.25) is 0 Å². The Labute approximate surface area is 121 Å². The van der Waals surface area contributed by atoms with Gasteiger partial charge in [0, 0.05) is 22.5 Å². The van der Waals surface area contributed by atoms with Gasteiger partial charge in [-0.25, -0.2) is 9.97 Å². The van der Waals surface area contributed by atoms with Crippen molar-refractivity contribution in [2.75, 3.05) is 17.2 Å². The van der Waals surface area contributed by atoms with E-state index < -0.39 is 0 Å². The summed E-state index contributed by atoms with van der Waals surface area (Å²) >= 11 is 1.76.